The second-order valence-electron chi connectivity index (χ2n) is 9.55. The number of nitrogens with one attached hydrogen (secondary N) is 5. The number of urea groups is 1. The first-order valence-corrected chi connectivity index (χ1v) is 12.6. The van der Waals surface area contributed by atoms with Crippen LogP contribution in [-0.2, 0) is 30.5 Å². The third-order valence-corrected chi connectivity index (χ3v) is 5.41. The minimum absolute atomic E-state index is 0.0366. The molecule has 40 heavy (non-hydrogen) atoms. The molecule has 222 valence electrons. The molecule has 1 aromatic rings. The zero-order valence-corrected chi connectivity index (χ0v) is 22.9. The molecule has 0 heterocycles. The van der Waals surface area contributed by atoms with Gasteiger partial charge in [0.2, 0.25) is 17.9 Å². The van der Waals surface area contributed by atoms with Crippen molar-refractivity contribution in [3.63, 3.8) is 0 Å². The molecule has 0 unspecified atom stereocenters. The largest absolute Gasteiger partial charge is 0.479 e. The van der Waals surface area contributed by atoms with Gasteiger partial charge in [0.15, 0.2) is 0 Å². The van der Waals surface area contributed by atoms with Gasteiger partial charge in [-0.1, -0.05) is 39.8 Å². The molecule has 0 fully saturated rings. The van der Waals surface area contributed by atoms with Gasteiger partial charge < -0.3 is 42.0 Å². The predicted octanol–water partition coefficient (Wildman–Crippen LogP) is 0.345. The lowest BCUT2D eigenvalue weighted by atomic mass is 10.0. The number of rotatable bonds is 16. The van der Waals surface area contributed by atoms with E-state index in [-0.39, 0.29) is 37.4 Å². The minimum Gasteiger partial charge on any atom is -0.479 e. The van der Waals surface area contributed by atoms with E-state index in [1.807, 2.05) is 27.7 Å². The predicted molar refractivity (Wildman–Crippen MR) is 143 cm³/mol. The fourth-order valence-corrected chi connectivity index (χ4v) is 3.43. The third-order valence-electron chi connectivity index (χ3n) is 5.41. The molecule has 0 saturated carbocycles. The van der Waals surface area contributed by atoms with Crippen LogP contribution in [0.4, 0.5) is 15.3 Å². The van der Waals surface area contributed by atoms with E-state index in [9.17, 15) is 28.8 Å². The normalized spacial score (nSPS) is 12.4. The zero-order valence-electron chi connectivity index (χ0n) is 22.9. The summed E-state index contributed by atoms with van der Waals surface area (Å²) in [5.74, 6) is -4.38. The van der Waals surface area contributed by atoms with E-state index in [2.05, 4.69) is 21.3 Å². The van der Waals surface area contributed by atoms with Crippen LogP contribution in [0.15, 0.2) is 24.3 Å². The highest BCUT2D eigenvalue weighted by molar-refractivity contribution is 6.00. The fourth-order valence-electron chi connectivity index (χ4n) is 3.43. The van der Waals surface area contributed by atoms with Crippen molar-refractivity contribution in [1.82, 2.24) is 21.3 Å². The Kier molecular flexibility index (Phi) is 13.9. The molecule has 0 radical (unpaired) electrons. The van der Waals surface area contributed by atoms with E-state index in [1.165, 1.54) is 24.3 Å². The average molecular weight is 567 g/mol. The Hall–Kier alpha value is -4.40. The van der Waals surface area contributed by atoms with Crippen molar-refractivity contribution >= 4 is 41.6 Å². The summed E-state index contributed by atoms with van der Waals surface area (Å²) in [6.07, 6.45) is -0.643. The maximum Gasteiger partial charge on any atom is 0.408 e. The Balaban J connectivity index is 2.84. The van der Waals surface area contributed by atoms with E-state index < -0.39 is 48.1 Å². The highest BCUT2D eigenvalue weighted by Gasteiger charge is 2.29. The van der Waals surface area contributed by atoms with E-state index in [1.54, 1.807) is 5.32 Å². The number of benzene rings is 1. The molecule has 15 heteroatoms. The number of alkyl carbamates (subject to hydrolysis) is 1. The number of carboxylic acids is 2. The Morgan fingerprint density at radius 3 is 2.00 bits per heavy atom. The first-order chi connectivity index (χ1) is 18.7. The van der Waals surface area contributed by atoms with Crippen LogP contribution >= 0.6 is 0 Å². The Bertz CT molecular complexity index is 1030. The molecule has 9 N–H and O–H groups in total. The summed E-state index contributed by atoms with van der Waals surface area (Å²) in [5.41, 5.74) is 5.93. The first-order valence-electron chi connectivity index (χ1n) is 12.6. The van der Waals surface area contributed by atoms with Crippen LogP contribution < -0.4 is 32.3 Å². The monoisotopic (exact) mass is 566 g/mol. The van der Waals surface area contributed by atoms with Crippen LogP contribution in [0.2, 0.25) is 0 Å². The summed E-state index contributed by atoms with van der Waals surface area (Å²) >= 11 is 0. The van der Waals surface area contributed by atoms with Gasteiger partial charge >= 0.3 is 24.1 Å². The van der Waals surface area contributed by atoms with Crippen LogP contribution in [0.1, 0.15) is 46.1 Å². The van der Waals surface area contributed by atoms with Crippen LogP contribution in [0.3, 0.4) is 0 Å². The molecule has 0 bridgehead atoms. The van der Waals surface area contributed by atoms with Crippen LogP contribution in [0, 0.1) is 5.92 Å². The Labute approximate surface area is 231 Å². The molecule has 0 aromatic heterocycles. The van der Waals surface area contributed by atoms with Gasteiger partial charge in [0.05, 0.1) is 6.04 Å². The summed E-state index contributed by atoms with van der Waals surface area (Å²) in [7, 11) is 0. The summed E-state index contributed by atoms with van der Waals surface area (Å²) in [4.78, 5) is 70.4. The van der Waals surface area contributed by atoms with Gasteiger partial charge in [0, 0.05) is 18.3 Å². The van der Waals surface area contributed by atoms with Gasteiger partial charge in [0.25, 0.3) is 0 Å². The Morgan fingerprint density at radius 2 is 1.50 bits per heavy atom. The number of aliphatic carboxylic acids is 2. The highest BCUT2D eigenvalue weighted by Crippen LogP contribution is 2.13. The van der Waals surface area contributed by atoms with Crippen molar-refractivity contribution in [3.8, 4) is 0 Å². The fraction of sp³-hybridized carbons (Fsp3) is 0.520. The molecular weight excluding hydrogens is 528 g/mol. The standard InChI is InChI=1S/C25H38N6O9/c1-13(2)18(28-14(3)4)21(33)30-17(6-5-11-27-24(26)38)20(32)29-16-9-7-15(8-10-16)12-40-25(39)31-19(22(34)35)23(36)37/h7-10,13-14,17-19,28H,5-6,11-12H2,1-4H3,(H,29,32)(H,30,33)(H,31,39)(H,34,35)(H,36,37)(H3,26,27,38)/t17-,18-/m0/s1. The second kappa shape index (κ2) is 16.5. The average Bonchev–Trinajstić information content (AvgIpc) is 2.86. The molecule has 5 amide bonds. The topological polar surface area (TPSA) is 238 Å². The van der Waals surface area contributed by atoms with Crippen LogP contribution in [-0.4, -0.2) is 76.8 Å². The quantitative estimate of drug-likeness (QED) is 0.101. The summed E-state index contributed by atoms with van der Waals surface area (Å²) in [6, 6.07) is 1.85. The second-order valence-corrected chi connectivity index (χ2v) is 9.55. The van der Waals surface area contributed by atoms with E-state index in [4.69, 9.17) is 20.7 Å². The number of anilines is 1. The van der Waals surface area contributed by atoms with E-state index in [0.29, 0.717) is 17.7 Å². The number of amides is 5. The number of hydrogen-bond donors (Lipinski definition) is 8. The number of ether oxygens (including phenoxy) is 1. The molecule has 1 rings (SSSR count). The summed E-state index contributed by atoms with van der Waals surface area (Å²) < 4.78 is 4.85. The van der Waals surface area contributed by atoms with Crippen molar-refractivity contribution in [2.75, 3.05) is 11.9 Å². The van der Waals surface area contributed by atoms with Crippen molar-refractivity contribution < 1.29 is 43.7 Å². The van der Waals surface area contributed by atoms with Gasteiger partial charge in [-0.05, 0) is 36.5 Å². The molecule has 15 nitrogen and oxygen atoms in total. The van der Waals surface area contributed by atoms with Crippen molar-refractivity contribution in [3.05, 3.63) is 29.8 Å². The molecule has 1 aromatic carbocycles. The maximum atomic E-state index is 13.1. The highest BCUT2D eigenvalue weighted by atomic mass is 16.5. The van der Waals surface area contributed by atoms with E-state index >= 15 is 0 Å². The van der Waals surface area contributed by atoms with Gasteiger partial charge in [0.1, 0.15) is 12.6 Å². The lowest BCUT2D eigenvalue weighted by Gasteiger charge is -2.27. The van der Waals surface area contributed by atoms with Crippen molar-refractivity contribution in [2.24, 2.45) is 11.7 Å². The molecule has 0 saturated heterocycles. The SMILES string of the molecule is CC(C)N[C@H](C(=O)N[C@@H](CCCNC(N)=O)C(=O)Nc1ccc(COC(=O)NC(C(=O)O)C(=O)O)cc1)C(C)C. The van der Waals surface area contributed by atoms with Crippen molar-refractivity contribution in [2.45, 2.75) is 71.3 Å². The van der Waals surface area contributed by atoms with Gasteiger partial charge in [-0.3, -0.25) is 14.9 Å². The first kappa shape index (κ1) is 33.6. The molecule has 0 spiro atoms. The smallest absolute Gasteiger partial charge is 0.408 e. The van der Waals surface area contributed by atoms with E-state index in [0.717, 1.165) is 0 Å². The number of primary amides is 1. The minimum atomic E-state index is -2.15. The Morgan fingerprint density at radius 1 is 0.900 bits per heavy atom. The third kappa shape index (κ3) is 12.4. The zero-order chi connectivity index (χ0) is 30.4. The van der Waals surface area contributed by atoms with Gasteiger partial charge in [-0.15, -0.1) is 0 Å². The summed E-state index contributed by atoms with van der Waals surface area (Å²) in [6.45, 7) is 7.51. The molecular formula is C25H38N6O9. The van der Waals surface area contributed by atoms with Crippen molar-refractivity contribution in [1.29, 1.82) is 0 Å². The van der Waals surface area contributed by atoms with Crippen LogP contribution in [0.5, 0.6) is 0 Å². The number of nitrogens with two attached hydrogens (primary N) is 1. The van der Waals surface area contributed by atoms with Gasteiger partial charge in [-0.2, -0.15) is 0 Å². The number of carbonyl (C=O) groups excluding carboxylic acids is 4. The molecule has 0 aliphatic rings. The molecule has 0 aliphatic heterocycles. The lowest BCUT2D eigenvalue weighted by molar-refractivity contribution is -0.150. The number of carboxylic acid groups (broad SMARTS) is 2. The lowest BCUT2D eigenvalue weighted by Crippen LogP contribution is -2.54. The molecule has 2 atom stereocenters. The van der Waals surface area contributed by atoms with Crippen LogP contribution in [0.25, 0.3) is 0 Å². The van der Waals surface area contributed by atoms with Gasteiger partial charge in [-0.25, -0.2) is 19.2 Å². The maximum absolute atomic E-state index is 13.1. The molecule has 0 aliphatic carbocycles. The number of hydrogen-bond acceptors (Lipinski definition) is 8. The summed E-state index contributed by atoms with van der Waals surface area (Å²) in [5, 5.41) is 30.4. The number of carbonyl (C=O) groups is 6.